The van der Waals surface area contributed by atoms with E-state index in [1.807, 2.05) is 0 Å². The second-order valence-electron chi connectivity index (χ2n) is 4.64. The van der Waals surface area contributed by atoms with E-state index in [9.17, 15) is 0 Å². The second-order valence-corrected chi connectivity index (χ2v) is 4.64. The molecule has 0 N–H and O–H groups in total. The summed E-state index contributed by atoms with van der Waals surface area (Å²) in [7, 11) is 0. The van der Waals surface area contributed by atoms with Crippen LogP contribution in [0, 0.1) is 5.92 Å². The highest BCUT2D eigenvalue weighted by Gasteiger charge is 2.17. The molecular weight excluding hydrogens is 182 g/mol. The largest absolute Gasteiger partial charge is 0.299 e. The first-order valence-electron chi connectivity index (χ1n) is 6.14. The van der Waals surface area contributed by atoms with E-state index in [1.54, 1.807) is 0 Å². The molecule has 1 heterocycles. The number of hydrogen-bond donors (Lipinski definition) is 0. The molecule has 0 amide bonds. The van der Waals surface area contributed by atoms with Crippen LogP contribution in [0.25, 0.3) is 0 Å². The molecule has 1 aromatic carbocycles. The van der Waals surface area contributed by atoms with E-state index in [1.165, 1.54) is 37.9 Å². The lowest BCUT2D eigenvalue weighted by molar-refractivity contribution is 0.165. The smallest absolute Gasteiger partial charge is 0.0233 e. The summed E-state index contributed by atoms with van der Waals surface area (Å²) in [6.45, 7) is 6.03. The van der Waals surface area contributed by atoms with Crippen molar-refractivity contribution in [1.29, 1.82) is 0 Å². The predicted molar refractivity (Wildman–Crippen MR) is 64.7 cm³/mol. The summed E-state index contributed by atoms with van der Waals surface area (Å²) in [5.41, 5.74) is 1.45. The van der Waals surface area contributed by atoms with Gasteiger partial charge in [-0.15, -0.1) is 0 Å². The molecular formula is C14H21N. The molecule has 82 valence electrons. The van der Waals surface area contributed by atoms with Crippen molar-refractivity contribution in [3.05, 3.63) is 35.9 Å². The van der Waals surface area contributed by atoms with Gasteiger partial charge in [-0.1, -0.05) is 43.7 Å². The van der Waals surface area contributed by atoms with E-state index < -0.39 is 0 Å². The Bertz CT molecular complexity index is 281. The number of likely N-dealkylation sites (tertiary alicyclic amines) is 1. The van der Waals surface area contributed by atoms with Gasteiger partial charge in [0, 0.05) is 13.1 Å². The minimum Gasteiger partial charge on any atom is -0.299 e. The zero-order chi connectivity index (χ0) is 10.5. The van der Waals surface area contributed by atoms with Crippen LogP contribution in [0.5, 0.6) is 0 Å². The molecule has 0 radical (unpaired) electrons. The highest BCUT2D eigenvalue weighted by Crippen LogP contribution is 2.20. The molecule has 1 saturated heterocycles. The van der Waals surface area contributed by atoms with E-state index in [0.717, 1.165) is 12.5 Å². The van der Waals surface area contributed by atoms with Crippen LogP contribution in [0.15, 0.2) is 30.3 Å². The van der Waals surface area contributed by atoms with E-state index >= 15 is 0 Å². The van der Waals surface area contributed by atoms with Crippen LogP contribution in [-0.2, 0) is 6.54 Å². The molecule has 0 saturated carbocycles. The molecule has 1 aromatic rings. The van der Waals surface area contributed by atoms with Crippen molar-refractivity contribution < 1.29 is 0 Å². The Morgan fingerprint density at radius 3 is 2.80 bits per heavy atom. The fourth-order valence-electron chi connectivity index (χ4n) is 2.47. The Balaban J connectivity index is 1.89. The van der Waals surface area contributed by atoms with Crippen molar-refractivity contribution >= 4 is 0 Å². The zero-order valence-corrected chi connectivity index (χ0v) is 9.65. The first-order chi connectivity index (χ1) is 7.38. The predicted octanol–water partition coefficient (Wildman–Crippen LogP) is 3.31. The SMILES string of the molecule is CCC1CCCN(Cc2ccccc2)C1. The molecule has 0 spiro atoms. The van der Waals surface area contributed by atoms with Gasteiger partial charge in [0.1, 0.15) is 0 Å². The van der Waals surface area contributed by atoms with E-state index in [2.05, 4.69) is 42.2 Å². The van der Waals surface area contributed by atoms with Crippen LogP contribution >= 0.6 is 0 Å². The van der Waals surface area contributed by atoms with E-state index in [4.69, 9.17) is 0 Å². The van der Waals surface area contributed by atoms with Gasteiger partial charge < -0.3 is 0 Å². The maximum absolute atomic E-state index is 2.60. The summed E-state index contributed by atoms with van der Waals surface area (Å²) in [4.78, 5) is 2.60. The van der Waals surface area contributed by atoms with Crippen molar-refractivity contribution in [3.8, 4) is 0 Å². The van der Waals surface area contributed by atoms with Crippen molar-refractivity contribution in [2.45, 2.75) is 32.7 Å². The number of benzene rings is 1. The topological polar surface area (TPSA) is 3.24 Å². The van der Waals surface area contributed by atoms with Crippen molar-refractivity contribution in [3.63, 3.8) is 0 Å². The van der Waals surface area contributed by atoms with Gasteiger partial charge >= 0.3 is 0 Å². The lowest BCUT2D eigenvalue weighted by Gasteiger charge is -2.32. The van der Waals surface area contributed by atoms with Gasteiger partial charge in [0.05, 0.1) is 0 Å². The second kappa shape index (κ2) is 5.32. The quantitative estimate of drug-likeness (QED) is 0.728. The van der Waals surface area contributed by atoms with Crippen molar-refractivity contribution in [2.24, 2.45) is 5.92 Å². The summed E-state index contributed by atoms with van der Waals surface area (Å²) in [5.74, 6) is 0.933. The van der Waals surface area contributed by atoms with Gasteiger partial charge in [-0.05, 0) is 30.9 Å². The van der Waals surface area contributed by atoms with E-state index in [-0.39, 0.29) is 0 Å². The average Bonchev–Trinajstić information content (AvgIpc) is 2.31. The Morgan fingerprint density at radius 1 is 1.27 bits per heavy atom. The molecule has 1 fully saturated rings. The summed E-state index contributed by atoms with van der Waals surface area (Å²) in [6.07, 6.45) is 4.15. The fourth-order valence-corrected chi connectivity index (χ4v) is 2.47. The Labute approximate surface area is 93.1 Å². The third kappa shape index (κ3) is 3.07. The summed E-state index contributed by atoms with van der Waals surface area (Å²) in [6, 6.07) is 10.8. The molecule has 0 bridgehead atoms. The number of hydrogen-bond acceptors (Lipinski definition) is 1. The Kier molecular flexibility index (Phi) is 3.79. The van der Waals surface area contributed by atoms with Crippen molar-refractivity contribution in [1.82, 2.24) is 4.90 Å². The highest BCUT2D eigenvalue weighted by atomic mass is 15.1. The van der Waals surface area contributed by atoms with Gasteiger partial charge in [-0.2, -0.15) is 0 Å². The minimum atomic E-state index is 0.933. The maximum atomic E-state index is 2.60. The molecule has 1 aliphatic heterocycles. The number of nitrogens with zero attached hydrogens (tertiary/aromatic N) is 1. The third-order valence-electron chi connectivity index (χ3n) is 3.43. The lowest BCUT2D eigenvalue weighted by atomic mass is 9.95. The first-order valence-corrected chi connectivity index (χ1v) is 6.14. The van der Waals surface area contributed by atoms with Crippen LogP contribution in [0.2, 0.25) is 0 Å². The van der Waals surface area contributed by atoms with Crippen LogP contribution in [0.3, 0.4) is 0 Å². The van der Waals surface area contributed by atoms with Crippen LogP contribution in [0.1, 0.15) is 31.7 Å². The molecule has 0 aliphatic carbocycles. The van der Waals surface area contributed by atoms with Crippen molar-refractivity contribution in [2.75, 3.05) is 13.1 Å². The molecule has 0 aromatic heterocycles. The average molecular weight is 203 g/mol. The van der Waals surface area contributed by atoms with Gasteiger partial charge in [0.15, 0.2) is 0 Å². The van der Waals surface area contributed by atoms with Gasteiger partial charge in [0.25, 0.3) is 0 Å². The third-order valence-corrected chi connectivity index (χ3v) is 3.43. The van der Waals surface area contributed by atoms with Crippen LogP contribution < -0.4 is 0 Å². The molecule has 2 rings (SSSR count). The van der Waals surface area contributed by atoms with Crippen LogP contribution in [-0.4, -0.2) is 18.0 Å². The maximum Gasteiger partial charge on any atom is 0.0233 e. The van der Waals surface area contributed by atoms with Crippen LogP contribution in [0.4, 0.5) is 0 Å². The molecule has 1 unspecified atom stereocenters. The fraction of sp³-hybridized carbons (Fsp3) is 0.571. The minimum absolute atomic E-state index is 0.933. The normalized spacial score (nSPS) is 22.9. The summed E-state index contributed by atoms with van der Waals surface area (Å²) < 4.78 is 0. The molecule has 1 heteroatoms. The highest BCUT2D eigenvalue weighted by molar-refractivity contribution is 5.14. The molecule has 1 atom stereocenters. The lowest BCUT2D eigenvalue weighted by Crippen LogP contribution is -2.34. The summed E-state index contributed by atoms with van der Waals surface area (Å²) in [5, 5.41) is 0. The molecule has 1 aliphatic rings. The number of rotatable bonds is 3. The molecule has 1 nitrogen and oxygen atoms in total. The number of piperidine rings is 1. The monoisotopic (exact) mass is 203 g/mol. The van der Waals surface area contributed by atoms with E-state index in [0.29, 0.717) is 0 Å². The zero-order valence-electron chi connectivity index (χ0n) is 9.65. The first kappa shape index (κ1) is 10.7. The van der Waals surface area contributed by atoms with Gasteiger partial charge in [-0.25, -0.2) is 0 Å². The van der Waals surface area contributed by atoms with Gasteiger partial charge in [-0.3, -0.25) is 4.90 Å². The Morgan fingerprint density at radius 2 is 2.07 bits per heavy atom. The van der Waals surface area contributed by atoms with Gasteiger partial charge in [0.2, 0.25) is 0 Å². The molecule has 15 heavy (non-hydrogen) atoms. The Hall–Kier alpha value is -0.820. The standard InChI is InChI=1S/C14H21N/c1-2-13-9-6-10-15(11-13)12-14-7-4-3-5-8-14/h3-5,7-8,13H,2,6,9-12H2,1H3. The summed E-state index contributed by atoms with van der Waals surface area (Å²) >= 11 is 0.